The molecule has 1 aromatic rings. The second kappa shape index (κ2) is 5.94. The van der Waals surface area contributed by atoms with Crippen LogP contribution in [0.15, 0.2) is 29.8 Å². The highest BCUT2D eigenvalue weighted by Gasteiger charge is 2.07. The van der Waals surface area contributed by atoms with E-state index in [9.17, 15) is 4.79 Å². The van der Waals surface area contributed by atoms with Gasteiger partial charge in [-0.2, -0.15) is 0 Å². The molecule has 0 fully saturated rings. The number of hydrogen-bond donors (Lipinski definition) is 2. The quantitative estimate of drug-likeness (QED) is 0.618. The van der Waals surface area contributed by atoms with Crippen molar-refractivity contribution in [1.29, 1.82) is 0 Å². The monoisotopic (exact) mass is 234 g/mol. The number of nitrogens with two attached hydrogens (primary N) is 1. The highest BCUT2D eigenvalue weighted by Crippen LogP contribution is 2.21. The van der Waals surface area contributed by atoms with Gasteiger partial charge < -0.3 is 15.8 Å². The van der Waals surface area contributed by atoms with Gasteiger partial charge in [-0.25, -0.2) is 0 Å². The Hall–Kier alpha value is -1.97. The molecule has 3 N–H and O–H groups in total. The first-order valence-corrected chi connectivity index (χ1v) is 5.39. The van der Waals surface area contributed by atoms with E-state index >= 15 is 0 Å². The molecule has 1 rings (SSSR count). The van der Waals surface area contributed by atoms with Crippen LogP contribution in [0.5, 0.6) is 5.75 Å². The van der Waals surface area contributed by atoms with E-state index in [2.05, 4.69) is 5.32 Å². The molecule has 0 saturated carbocycles. The smallest absolute Gasteiger partial charge is 0.251 e. The van der Waals surface area contributed by atoms with Gasteiger partial charge in [-0.3, -0.25) is 4.79 Å². The molecule has 17 heavy (non-hydrogen) atoms. The molecule has 0 bridgehead atoms. The van der Waals surface area contributed by atoms with Gasteiger partial charge in [0.1, 0.15) is 5.75 Å². The van der Waals surface area contributed by atoms with Gasteiger partial charge in [0.2, 0.25) is 0 Å². The first kappa shape index (κ1) is 13.1. The predicted molar refractivity (Wildman–Crippen MR) is 69.2 cm³/mol. The van der Waals surface area contributed by atoms with Gasteiger partial charge >= 0.3 is 0 Å². The third-order valence-electron chi connectivity index (χ3n) is 2.27. The van der Waals surface area contributed by atoms with Gasteiger partial charge in [-0.15, -0.1) is 0 Å². The molecule has 0 aliphatic carbocycles. The molecule has 0 aliphatic rings. The minimum absolute atomic E-state index is 0.138. The van der Waals surface area contributed by atoms with Crippen molar-refractivity contribution in [1.82, 2.24) is 5.32 Å². The first-order valence-electron chi connectivity index (χ1n) is 5.39. The zero-order valence-corrected chi connectivity index (χ0v) is 10.4. The van der Waals surface area contributed by atoms with Crippen LogP contribution in [0.25, 0.3) is 0 Å². The Labute approximate surface area is 101 Å². The molecule has 92 valence electrons. The molecule has 0 aliphatic heterocycles. The number of methoxy groups -OCH3 is 1. The van der Waals surface area contributed by atoms with Crippen LogP contribution in [0.4, 0.5) is 5.69 Å². The van der Waals surface area contributed by atoms with E-state index in [4.69, 9.17) is 10.5 Å². The van der Waals surface area contributed by atoms with Crippen LogP contribution in [0.1, 0.15) is 24.2 Å². The second-order valence-electron chi connectivity index (χ2n) is 3.95. The average molecular weight is 234 g/mol. The van der Waals surface area contributed by atoms with Crippen molar-refractivity contribution >= 4 is 11.6 Å². The first-order chi connectivity index (χ1) is 8.04. The number of benzene rings is 1. The molecule has 0 heterocycles. The SMILES string of the molecule is COc1cc(C(=O)NCC=C(C)C)ccc1N. The number of nitrogens with one attached hydrogen (secondary N) is 1. The van der Waals surface area contributed by atoms with Crippen LogP contribution in [-0.2, 0) is 0 Å². The fourth-order valence-corrected chi connectivity index (χ4v) is 1.30. The summed E-state index contributed by atoms with van der Waals surface area (Å²) in [5, 5.41) is 2.79. The Morgan fingerprint density at radius 1 is 1.47 bits per heavy atom. The summed E-state index contributed by atoms with van der Waals surface area (Å²) >= 11 is 0. The van der Waals surface area contributed by atoms with Gasteiger partial charge in [0, 0.05) is 12.1 Å². The third-order valence-corrected chi connectivity index (χ3v) is 2.27. The Kier molecular flexibility index (Phi) is 4.57. The van der Waals surface area contributed by atoms with Crippen LogP contribution in [0.2, 0.25) is 0 Å². The Bertz CT molecular complexity index is 435. The minimum atomic E-state index is -0.138. The molecular weight excluding hydrogens is 216 g/mol. The summed E-state index contributed by atoms with van der Waals surface area (Å²) < 4.78 is 5.06. The van der Waals surface area contributed by atoms with Gasteiger partial charge in [-0.05, 0) is 32.0 Å². The zero-order valence-electron chi connectivity index (χ0n) is 10.4. The Morgan fingerprint density at radius 2 is 2.18 bits per heavy atom. The maximum absolute atomic E-state index is 11.8. The lowest BCUT2D eigenvalue weighted by Crippen LogP contribution is -2.23. The van der Waals surface area contributed by atoms with Gasteiger partial charge in [0.05, 0.1) is 12.8 Å². The van der Waals surface area contributed by atoms with E-state index in [1.807, 2.05) is 19.9 Å². The van der Waals surface area contributed by atoms with E-state index in [0.29, 0.717) is 23.5 Å². The normalized spacial score (nSPS) is 9.59. The minimum Gasteiger partial charge on any atom is -0.495 e. The molecule has 0 saturated heterocycles. The van der Waals surface area contributed by atoms with Gasteiger partial charge in [0.25, 0.3) is 5.91 Å². The molecule has 0 aromatic heterocycles. The van der Waals surface area contributed by atoms with Crippen molar-refractivity contribution in [3.8, 4) is 5.75 Å². The lowest BCUT2D eigenvalue weighted by Gasteiger charge is -2.07. The average Bonchev–Trinajstić information content (AvgIpc) is 2.29. The van der Waals surface area contributed by atoms with E-state index in [1.54, 1.807) is 18.2 Å². The largest absolute Gasteiger partial charge is 0.495 e. The van der Waals surface area contributed by atoms with Crippen molar-refractivity contribution in [2.45, 2.75) is 13.8 Å². The summed E-state index contributed by atoms with van der Waals surface area (Å²) in [7, 11) is 1.52. The molecule has 0 unspecified atom stereocenters. The standard InChI is InChI=1S/C13H18N2O2/c1-9(2)6-7-15-13(16)10-4-5-11(14)12(8-10)17-3/h4-6,8H,7,14H2,1-3H3,(H,15,16). The fourth-order valence-electron chi connectivity index (χ4n) is 1.30. The topological polar surface area (TPSA) is 64.3 Å². The van der Waals surface area contributed by atoms with Crippen molar-refractivity contribution in [3.05, 3.63) is 35.4 Å². The fraction of sp³-hybridized carbons (Fsp3) is 0.308. The number of carbonyl (C=O) groups is 1. The third kappa shape index (κ3) is 3.83. The zero-order chi connectivity index (χ0) is 12.8. The molecular formula is C13H18N2O2. The highest BCUT2D eigenvalue weighted by molar-refractivity contribution is 5.95. The molecule has 4 heteroatoms. The number of rotatable bonds is 4. The maximum Gasteiger partial charge on any atom is 0.251 e. The van der Waals surface area contributed by atoms with E-state index in [1.165, 1.54) is 12.7 Å². The van der Waals surface area contributed by atoms with Crippen molar-refractivity contribution in [2.75, 3.05) is 19.4 Å². The number of allylic oxidation sites excluding steroid dienone is 1. The number of ether oxygens (including phenoxy) is 1. The van der Waals surface area contributed by atoms with Crippen LogP contribution < -0.4 is 15.8 Å². The van der Waals surface area contributed by atoms with Gasteiger partial charge in [0.15, 0.2) is 0 Å². The van der Waals surface area contributed by atoms with Crippen molar-refractivity contribution < 1.29 is 9.53 Å². The molecule has 0 spiro atoms. The molecule has 0 radical (unpaired) electrons. The second-order valence-corrected chi connectivity index (χ2v) is 3.95. The number of hydrogen-bond acceptors (Lipinski definition) is 3. The number of nitrogen functional groups attached to an aromatic ring is 1. The van der Waals surface area contributed by atoms with Crippen molar-refractivity contribution in [2.24, 2.45) is 0 Å². The van der Waals surface area contributed by atoms with E-state index < -0.39 is 0 Å². The molecule has 4 nitrogen and oxygen atoms in total. The number of carbonyl (C=O) groups excluding carboxylic acids is 1. The summed E-state index contributed by atoms with van der Waals surface area (Å²) in [6.45, 7) is 4.49. The summed E-state index contributed by atoms with van der Waals surface area (Å²) in [5.74, 6) is 0.376. The summed E-state index contributed by atoms with van der Waals surface area (Å²) in [6.07, 6.45) is 1.95. The predicted octanol–water partition coefficient (Wildman–Crippen LogP) is 1.97. The van der Waals surface area contributed by atoms with Gasteiger partial charge in [-0.1, -0.05) is 11.6 Å². The lowest BCUT2D eigenvalue weighted by atomic mass is 10.2. The maximum atomic E-state index is 11.8. The molecule has 1 aromatic carbocycles. The number of anilines is 1. The van der Waals surface area contributed by atoms with Crippen LogP contribution in [0, 0.1) is 0 Å². The summed E-state index contributed by atoms with van der Waals surface area (Å²) in [5.41, 5.74) is 7.90. The summed E-state index contributed by atoms with van der Waals surface area (Å²) in [4.78, 5) is 11.8. The molecule has 0 atom stereocenters. The van der Waals surface area contributed by atoms with Crippen LogP contribution in [0.3, 0.4) is 0 Å². The highest BCUT2D eigenvalue weighted by atomic mass is 16.5. The van der Waals surface area contributed by atoms with Crippen molar-refractivity contribution in [3.63, 3.8) is 0 Å². The number of amides is 1. The Balaban J connectivity index is 2.72. The molecule has 1 amide bonds. The van der Waals surface area contributed by atoms with Crippen LogP contribution >= 0.6 is 0 Å². The van der Waals surface area contributed by atoms with E-state index in [0.717, 1.165) is 0 Å². The van der Waals surface area contributed by atoms with Crippen LogP contribution in [-0.4, -0.2) is 19.6 Å². The summed E-state index contributed by atoms with van der Waals surface area (Å²) in [6, 6.07) is 4.97. The Morgan fingerprint density at radius 3 is 2.76 bits per heavy atom. The lowest BCUT2D eigenvalue weighted by molar-refractivity contribution is 0.0957. The van der Waals surface area contributed by atoms with E-state index in [-0.39, 0.29) is 5.91 Å².